The lowest BCUT2D eigenvalue weighted by Crippen LogP contribution is -2.30. The van der Waals surface area contributed by atoms with E-state index in [-0.39, 0.29) is 5.91 Å². The van der Waals surface area contributed by atoms with Crippen LogP contribution in [-0.4, -0.2) is 12.0 Å². The third kappa shape index (κ3) is 4.34. The molecule has 0 fully saturated rings. The van der Waals surface area contributed by atoms with Crippen LogP contribution >= 0.6 is 15.9 Å². The maximum atomic E-state index is 12.3. The van der Waals surface area contributed by atoms with Gasteiger partial charge in [0.25, 0.3) is 5.91 Å². The topological polar surface area (TPSA) is 38.3 Å². The minimum absolute atomic E-state index is 0.156. The van der Waals surface area contributed by atoms with Crippen molar-refractivity contribution in [3.8, 4) is 5.75 Å². The minimum atomic E-state index is -0.568. The molecule has 0 bridgehead atoms. The molecule has 3 nitrogen and oxygen atoms in total. The predicted octanol–water partition coefficient (Wildman–Crippen LogP) is 4.98. The third-order valence-electron chi connectivity index (χ3n) is 3.34. The second-order valence-corrected chi connectivity index (χ2v) is 6.36. The zero-order valence-electron chi connectivity index (χ0n) is 13.0. The molecule has 1 N–H and O–H groups in total. The molecule has 0 unspecified atom stereocenters. The number of amides is 1. The lowest BCUT2D eigenvalue weighted by Gasteiger charge is -2.17. The lowest BCUT2D eigenvalue weighted by atomic mass is 10.0. The van der Waals surface area contributed by atoms with Gasteiger partial charge < -0.3 is 10.1 Å². The average molecular weight is 362 g/mol. The lowest BCUT2D eigenvalue weighted by molar-refractivity contribution is -0.122. The largest absolute Gasteiger partial charge is 0.481 e. The summed E-state index contributed by atoms with van der Waals surface area (Å²) in [4.78, 5) is 12.3. The summed E-state index contributed by atoms with van der Waals surface area (Å²) in [5.74, 6) is 0.859. The van der Waals surface area contributed by atoms with E-state index in [2.05, 4.69) is 35.1 Å². The van der Waals surface area contributed by atoms with Crippen molar-refractivity contribution in [2.24, 2.45) is 0 Å². The van der Waals surface area contributed by atoms with Gasteiger partial charge in [-0.05, 0) is 48.7 Å². The molecule has 0 saturated heterocycles. The number of ether oxygens (including phenoxy) is 1. The second kappa shape index (κ2) is 7.45. The van der Waals surface area contributed by atoms with Gasteiger partial charge in [-0.3, -0.25) is 4.79 Å². The van der Waals surface area contributed by atoms with Gasteiger partial charge in [-0.1, -0.05) is 48.0 Å². The molecule has 0 spiro atoms. The minimum Gasteiger partial charge on any atom is -0.481 e. The molecule has 22 heavy (non-hydrogen) atoms. The number of rotatable bonds is 5. The van der Waals surface area contributed by atoms with Gasteiger partial charge in [0.2, 0.25) is 0 Å². The fourth-order valence-electron chi connectivity index (χ4n) is 2.12. The fourth-order valence-corrected chi connectivity index (χ4v) is 2.38. The van der Waals surface area contributed by atoms with E-state index in [1.165, 1.54) is 0 Å². The number of halogens is 1. The van der Waals surface area contributed by atoms with Crippen molar-refractivity contribution < 1.29 is 9.53 Å². The Morgan fingerprint density at radius 2 is 1.68 bits per heavy atom. The van der Waals surface area contributed by atoms with Gasteiger partial charge in [0, 0.05) is 10.2 Å². The van der Waals surface area contributed by atoms with Crippen LogP contribution in [0.5, 0.6) is 5.75 Å². The van der Waals surface area contributed by atoms with Crippen LogP contribution in [-0.2, 0) is 4.79 Å². The van der Waals surface area contributed by atoms with Crippen LogP contribution < -0.4 is 10.1 Å². The van der Waals surface area contributed by atoms with Crippen LogP contribution in [0.2, 0.25) is 0 Å². The first-order valence-corrected chi connectivity index (χ1v) is 8.08. The highest BCUT2D eigenvalue weighted by Crippen LogP contribution is 2.24. The summed E-state index contributed by atoms with van der Waals surface area (Å²) in [6, 6.07) is 15.3. The molecular formula is C18H20BrNO2. The molecule has 2 rings (SSSR count). The van der Waals surface area contributed by atoms with Crippen LogP contribution in [0.1, 0.15) is 32.3 Å². The number of hydrogen-bond acceptors (Lipinski definition) is 2. The van der Waals surface area contributed by atoms with E-state index in [1.54, 1.807) is 6.92 Å². The average Bonchev–Trinajstić information content (AvgIpc) is 2.49. The SMILES string of the molecule is CC(C)c1ccccc1NC(=O)[C@H](C)Oc1ccc(Br)cc1. The maximum absolute atomic E-state index is 12.3. The smallest absolute Gasteiger partial charge is 0.265 e. The molecule has 0 aromatic heterocycles. The number of hydrogen-bond donors (Lipinski definition) is 1. The van der Waals surface area contributed by atoms with Gasteiger partial charge in [0.05, 0.1) is 0 Å². The predicted molar refractivity (Wildman–Crippen MR) is 93.4 cm³/mol. The highest BCUT2D eigenvalue weighted by atomic mass is 79.9. The Hall–Kier alpha value is -1.81. The van der Waals surface area contributed by atoms with Crippen molar-refractivity contribution in [2.45, 2.75) is 32.8 Å². The van der Waals surface area contributed by atoms with Gasteiger partial charge in [0.1, 0.15) is 5.75 Å². The number of benzene rings is 2. The first-order valence-electron chi connectivity index (χ1n) is 7.29. The van der Waals surface area contributed by atoms with Gasteiger partial charge in [-0.25, -0.2) is 0 Å². The normalized spacial score (nSPS) is 12.0. The Labute approximate surface area is 139 Å². The monoisotopic (exact) mass is 361 g/mol. The number of anilines is 1. The third-order valence-corrected chi connectivity index (χ3v) is 3.87. The number of carbonyl (C=O) groups is 1. The van der Waals surface area contributed by atoms with E-state index in [0.29, 0.717) is 11.7 Å². The summed E-state index contributed by atoms with van der Waals surface area (Å²) in [6.45, 7) is 5.95. The molecule has 116 valence electrons. The van der Waals surface area contributed by atoms with Gasteiger partial charge in [-0.2, -0.15) is 0 Å². The summed E-state index contributed by atoms with van der Waals surface area (Å²) < 4.78 is 6.65. The maximum Gasteiger partial charge on any atom is 0.265 e. The Bertz CT molecular complexity index is 638. The second-order valence-electron chi connectivity index (χ2n) is 5.45. The Kier molecular flexibility index (Phi) is 5.61. The van der Waals surface area contributed by atoms with Crippen LogP contribution in [0.25, 0.3) is 0 Å². The van der Waals surface area contributed by atoms with Crippen molar-refractivity contribution in [3.05, 3.63) is 58.6 Å². The summed E-state index contributed by atoms with van der Waals surface area (Å²) in [5, 5.41) is 2.95. The summed E-state index contributed by atoms with van der Waals surface area (Å²) in [7, 11) is 0. The first-order chi connectivity index (χ1) is 10.5. The standard InChI is InChI=1S/C18H20BrNO2/c1-12(2)16-6-4-5-7-17(16)20-18(21)13(3)22-15-10-8-14(19)9-11-15/h4-13H,1-3H3,(H,20,21)/t13-/m0/s1. The number of carbonyl (C=O) groups excluding carboxylic acids is 1. The Morgan fingerprint density at radius 3 is 2.32 bits per heavy atom. The highest BCUT2D eigenvalue weighted by Gasteiger charge is 2.16. The zero-order chi connectivity index (χ0) is 16.1. The van der Waals surface area contributed by atoms with Crippen LogP contribution in [0.15, 0.2) is 53.0 Å². The molecule has 2 aromatic rings. The Balaban J connectivity index is 2.04. The van der Waals surface area contributed by atoms with E-state index < -0.39 is 6.10 Å². The van der Waals surface area contributed by atoms with E-state index in [1.807, 2.05) is 48.5 Å². The molecule has 1 amide bonds. The molecule has 0 saturated carbocycles. The zero-order valence-corrected chi connectivity index (χ0v) is 14.6. The van der Waals surface area contributed by atoms with Crippen molar-refractivity contribution in [1.29, 1.82) is 0 Å². The molecule has 0 heterocycles. The fraction of sp³-hybridized carbons (Fsp3) is 0.278. The number of nitrogens with one attached hydrogen (secondary N) is 1. The van der Waals surface area contributed by atoms with E-state index >= 15 is 0 Å². The molecule has 1 atom stereocenters. The van der Waals surface area contributed by atoms with Crippen LogP contribution in [0.4, 0.5) is 5.69 Å². The van der Waals surface area contributed by atoms with Crippen molar-refractivity contribution in [3.63, 3.8) is 0 Å². The molecule has 0 aliphatic rings. The summed E-state index contributed by atoms with van der Waals surface area (Å²) in [5.41, 5.74) is 1.96. The van der Waals surface area contributed by atoms with Gasteiger partial charge >= 0.3 is 0 Å². The van der Waals surface area contributed by atoms with E-state index in [9.17, 15) is 4.79 Å². The van der Waals surface area contributed by atoms with Crippen molar-refractivity contribution in [2.75, 3.05) is 5.32 Å². The quantitative estimate of drug-likeness (QED) is 0.815. The van der Waals surface area contributed by atoms with Crippen molar-refractivity contribution >= 4 is 27.5 Å². The van der Waals surface area contributed by atoms with E-state index in [0.717, 1.165) is 15.7 Å². The highest BCUT2D eigenvalue weighted by molar-refractivity contribution is 9.10. The molecule has 4 heteroatoms. The first kappa shape index (κ1) is 16.6. The molecule has 0 radical (unpaired) electrons. The molecule has 2 aromatic carbocycles. The number of para-hydroxylation sites is 1. The summed E-state index contributed by atoms with van der Waals surface area (Å²) >= 11 is 3.37. The van der Waals surface area contributed by atoms with E-state index in [4.69, 9.17) is 4.74 Å². The summed E-state index contributed by atoms with van der Waals surface area (Å²) in [6.07, 6.45) is -0.568. The van der Waals surface area contributed by atoms with Crippen LogP contribution in [0.3, 0.4) is 0 Å². The Morgan fingerprint density at radius 1 is 1.05 bits per heavy atom. The van der Waals surface area contributed by atoms with Crippen LogP contribution in [0, 0.1) is 0 Å². The van der Waals surface area contributed by atoms with Gasteiger partial charge in [-0.15, -0.1) is 0 Å². The van der Waals surface area contributed by atoms with Crippen molar-refractivity contribution in [1.82, 2.24) is 0 Å². The molecule has 0 aliphatic heterocycles. The molecular weight excluding hydrogens is 342 g/mol. The van der Waals surface area contributed by atoms with Gasteiger partial charge in [0.15, 0.2) is 6.10 Å². The molecule has 0 aliphatic carbocycles.